The molecule has 19 heavy (non-hydrogen) atoms. The number of likely N-dealkylation sites (N-methyl/N-ethyl adjacent to an activating group) is 1. The van der Waals surface area contributed by atoms with Crippen molar-refractivity contribution in [2.24, 2.45) is 0 Å². The molecule has 0 aliphatic heterocycles. The van der Waals surface area contributed by atoms with E-state index in [4.69, 9.17) is 4.74 Å². The monoisotopic (exact) mass is 293 g/mol. The van der Waals surface area contributed by atoms with Crippen molar-refractivity contribution in [2.45, 2.75) is 65.5 Å². The largest absolute Gasteiger partial charge is 0.374 e. The third-order valence-corrected chi connectivity index (χ3v) is 5.54. The van der Waals surface area contributed by atoms with Gasteiger partial charge in [-0.25, -0.2) is 8.42 Å². The Morgan fingerprint density at radius 2 is 1.84 bits per heavy atom. The second kappa shape index (κ2) is 8.93. The second-order valence-electron chi connectivity index (χ2n) is 5.09. The highest BCUT2D eigenvalue weighted by Gasteiger charge is 2.32. The summed E-state index contributed by atoms with van der Waals surface area (Å²) in [7, 11) is -2.86. The molecule has 0 fully saturated rings. The van der Waals surface area contributed by atoms with Crippen LogP contribution in [0.25, 0.3) is 0 Å². The van der Waals surface area contributed by atoms with Gasteiger partial charge in [-0.1, -0.05) is 20.8 Å². The maximum Gasteiger partial charge on any atom is 0.150 e. The van der Waals surface area contributed by atoms with Gasteiger partial charge in [0.25, 0.3) is 0 Å². The van der Waals surface area contributed by atoms with Crippen LogP contribution in [0.1, 0.15) is 53.9 Å². The molecule has 0 rings (SSSR count). The number of rotatable bonds is 11. The third-order valence-electron chi connectivity index (χ3n) is 3.75. The zero-order valence-electron chi connectivity index (χ0n) is 13.2. The fourth-order valence-electron chi connectivity index (χ4n) is 2.30. The van der Waals surface area contributed by atoms with Crippen LogP contribution in [0.2, 0.25) is 0 Å². The smallest absolute Gasteiger partial charge is 0.150 e. The van der Waals surface area contributed by atoms with E-state index in [1.807, 2.05) is 6.92 Å². The lowest BCUT2D eigenvalue weighted by Gasteiger charge is -2.37. The van der Waals surface area contributed by atoms with Gasteiger partial charge in [0.15, 0.2) is 0 Å². The Hall–Kier alpha value is -0.130. The van der Waals surface area contributed by atoms with E-state index < -0.39 is 9.84 Å². The van der Waals surface area contributed by atoms with E-state index >= 15 is 0 Å². The second-order valence-corrected chi connectivity index (χ2v) is 7.56. The molecular formula is C14H31NO3S. The fourth-order valence-corrected chi connectivity index (χ4v) is 3.20. The van der Waals surface area contributed by atoms with Gasteiger partial charge in [-0.05, 0) is 39.7 Å². The minimum absolute atomic E-state index is 0.203. The first-order chi connectivity index (χ1) is 8.85. The molecule has 0 aliphatic carbocycles. The first-order valence-electron chi connectivity index (χ1n) is 7.42. The summed E-state index contributed by atoms with van der Waals surface area (Å²) >= 11 is 0. The van der Waals surface area contributed by atoms with Crippen LogP contribution in [0.4, 0.5) is 0 Å². The number of nitrogens with one attached hydrogen (secondary N) is 1. The molecule has 0 bridgehead atoms. The molecule has 0 aromatic rings. The molecule has 5 heteroatoms. The lowest BCUT2D eigenvalue weighted by molar-refractivity contribution is -0.0567. The summed E-state index contributed by atoms with van der Waals surface area (Å²) in [5.74, 6) is 0.507. The van der Waals surface area contributed by atoms with Gasteiger partial charge in [0.05, 0.1) is 11.4 Å². The van der Waals surface area contributed by atoms with Gasteiger partial charge < -0.3 is 10.1 Å². The zero-order chi connectivity index (χ0) is 14.9. The van der Waals surface area contributed by atoms with Crippen LogP contribution in [0, 0.1) is 0 Å². The molecule has 0 amide bonds. The average molecular weight is 293 g/mol. The van der Waals surface area contributed by atoms with Gasteiger partial charge in [0.1, 0.15) is 9.84 Å². The van der Waals surface area contributed by atoms with Gasteiger partial charge in [-0.2, -0.15) is 0 Å². The van der Waals surface area contributed by atoms with E-state index in [0.717, 1.165) is 19.4 Å². The van der Waals surface area contributed by atoms with Crippen molar-refractivity contribution >= 4 is 9.84 Å². The van der Waals surface area contributed by atoms with Crippen molar-refractivity contribution in [1.82, 2.24) is 5.32 Å². The van der Waals surface area contributed by atoms with Crippen LogP contribution >= 0.6 is 0 Å². The molecule has 0 spiro atoms. The summed E-state index contributed by atoms with van der Waals surface area (Å²) in [4.78, 5) is 0. The molecule has 116 valence electrons. The third kappa shape index (κ3) is 6.72. The Kier molecular flexibility index (Phi) is 8.86. The van der Waals surface area contributed by atoms with Crippen LogP contribution in [0.3, 0.4) is 0 Å². The highest BCUT2D eigenvalue weighted by Crippen LogP contribution is 2.23. The molecular weight excluding hydrogens is 262 g/mol. The van der Waals surface area contributed by atoms with Gasteiger partial charge in [-0.3, -0.25) is 0 Å². The van der Waals surface area contributed by atoms with Gasteiger partial charge in [-0.15, -0.1) is 0 Å². The molecule has 0 saturated heterocycles. The van der Waals surface area contributed by atoms with Crippen molar-refractivity contribution in [1.29, 1.82) is 0 Å². The lowest BCUT2D eigenvalue weighted by atomic mass is 9.89. The van der Waals surface area contributed by atoms with Crippen molar-refractivity contribution in [2.75, 3.05) is 24.7 Å². The van der Waals surface area contributed by atoms with Gasteiger partial charge in [0, 0.05) is 18.4 Å². The molecule has 0 aromatic heterocycles. The SMILES string of the molecule is CCNC(CCCS(=O)(=O)CC)C(C)(CC)OCC. The first-order valence-corrected chi connectivity index (χ1v) is 9.25. The van der Waals surface area contributed by atoms with E-state index in [1.165, 1.54) is 0 Å². The van der Waals surface area contributed by atoms with Crippen molar-refractivity contribution in [3.63, 3.8) is 0 Å². The minimum Gasteiger partial charge on any atom is -0.374 e. The quantitative estimate of drug-likeness (QED) is 0.635. The predicted molar refractivity (Wildman–Crippen MR) is 81.3 cm³/mol. The molecule has 0 radical (unpaired) electrons. The van der Waals surface area contributed by atoms with E-state index in [0.29, 0.717) is 13.0 Å². The minimum atomic E-state index is -2.86. The summed E-state index contributed by atoms with van der Waals surface area (Å²) in [5, 5.41) is 3.44. The normalized spacial score (nSPS) is 17.1. The number of hydrogen-bond donors (Lipinski definition) is 1. The number of ether oxygens (including phenoxy) is 1. The van der Waals surface area contributed by atoms with Crippen LogP contribution in [-0.2, 0) is 14.6 Å². The van der Waals surface area contributed by atoms with E-state index in [1.54, 1.807) is 6.92 Å². The average Bonchev–Trinajstić information content (AvgIpc) is 2.38. The number of hydrogen-bond acceptors (Lipinski definition) is 4. The lowest BCUT2D eigenvalue weighted by Crippen LogP contribution is -2.50. The summed E-state index contributed by atoms with van der Waals surface area (Å²) in [5.41, 5.74) is -0.221. The Balaban J connectivity index is 4.55. The predicted octanol–water partition coefficient (Wildman–Crippen LogP) is 2.38. The molecule has 0 aliphatic rings. The van der Waals surface area contributed by atoms with Gasteiger partial charge >= 0.3 is 0 Å². The summed E-state index contributed by atoms with van der Waals surface area (Å²) < 4.78 is 29.0. The van der Waals surface area contributed by atoms with Crippen molar-refractivity contribution < 1.29 is 13.2 Å². The first kappa shape index (κ1) is 18.9. The standard InChI is InChI=1S/C14H31NO3S/c1-6-14(5,18-8-3)13(15-7-2)11-10-12-19(16,17)9-4/h13,15H,6-12H2,1-5H3. The maximum absolute atomic E-state index is 11.5. The van der Waals surface area contributed by atoms with Crippen LogP contribution < -0.4 is 5.32 Å². The Bertz CT molecular complexity index is 330. The molecule has 1 N–H and O–H groups in total. The van der Waals surface area contributed by atoms with Crippen LogP contribution in [-0.4, -0.2) is 44.7 Å². The zero-order valence-corrected chi connectivity index (χ0v) is 14.0. The highest BCUT2D eigenvalue weighted by molar-refractivity contribution is 7.91. The summed E-state index contributed by atoms with van der Waals surface area (Å²) in [6, 6.07) is 0.203. The topological polar surface area (TPSA) is 55.4 Å². The molecule has 4 nitrogen and oxygen atoms in total. The number of sulfone groups is 1. The summed E-state index contributed by atoms with van der Waals surface area (Å²) in [6.07, 6.45) is 2.44. The molecule has 0 aromatic carbocycles. The molecule has 0 heterocycles. The highest BCUT2D eigenvalue weighted by atomic mass is 32.2. The Labute approximate surface area is 119 Å². The molecule has 0 saturated carbocycles. The van der Waals surface area contributed by atoms with Crippen LogP contribution in [0.5, 0.6) is 0 Å². The van der Waals surface area contributed by atoms with E-state index in [2.05, 4.69) is 26.1 Å². The fraction of sp³-hybridized carbons (Fsp3) is 1.00. The van der Waals surface area contributed by atoms with E-state index in [9.17, 15) is 8.42 Å². The Morgan fingerprint density at radius 1 is 1.21 bits per heavy atom. The Morgan fingerprint density at radius 3 is 2.26 bits per heavy atom. The van der Waals surface area contributed by atoms with Crippen molar-refractivity contribution in [3.05, 3.63) is 0 Å². The van der Waals surface area contributed by atoms with Crippen molar-refractivity contribution in [3.8, 4) is 0 Å². The summed E-state index contributed by atoms with van der Waals surface area (Å²) in [6.45, 7) is 11.5. The molecule has 2 atom stereocenters. The maximum atomic E-state index is 11.5. The molecule has 2 unspecified atom stereocenters. The van der Waals surface area contributed by atoms with Gasteiger partial charge in [0.2, 0.25) is 0 Å². The van der Waals surface area contributed by atoms with E-state index in [-0.39, 0.29) is 23.1 Å². The van der Waals surface area contributed by atoms with Crippen LogP contribution in [0.15, 0.2) is 0 Å².